The number of amides is 1. The standard InChI is InChI=1S/C39H57NO9S/c1-21-26(48-33(42)23(3)30(25-15-13-12-14-16-25)40-34(43)49-35(5,6)7)18-39(45)24(4)31-37(10,32(41)22(2)29(21)36(39,8)9)27(47-20-50-11)17-28-38(31,44)19-46-28/h12-16,22-24,26-28,30-31,44-45H,17-20H2,1-11H3,(H,40,43)/t22-,23-,24?,26?,27?,28?,30?,31?,37-,38?,39?/m1/s1. The highest BCUT2D eigenvalue weighted by molar-refractivity contribution is 7.98. The summed E-state index contributed by atoms with van der Waals surface area (Å²) in [6.45, 7) is 18.5. The van der Waals surface area contributed by atoms with Crippen molar-refractivity contribution < 1.29 is 43.5 Å². The van der Waals surface area contributed by atoms with Crippen LogP contribution in [0.25, 0.3) is 0 Å². The van der Waals surface area contributed by atoms with Crippen molar-refractivity contribution in [3.05, 3.63) is 47.0 Å². The van der Waals surface area contributed by atoms with E-state index in [4.69, 9.17) is 18.9 Å². The first-order valence-electron chi connectivity index (χ1n) is 17.8. The van der Waals surface area contributed by atoms with Gasteiger partial charge in [-0.25, -0.2) is 4.79 Å². The van der Waals surface area contributed by atoms with Gasteiger partial charge in [0.2, 0.25) is 0 Å². The van der Waals surface area contributed by atoms with Crippen LogP contribution in [0, 0.1) is 34.5 Å². The Morgan fingerprint density at radius 1 is 1.12 bits per heavy atom. The first-order valence-corrected chi connectivity index (χ1v) is 19.2. The molecule has 8 unspecified atom stereocenters. The predicted octanol–water partition coefficient (Wildman–Crippen LogP) is 5.99. The van der Waals surface area contributed by atoms with E-state index in [0.717, 1.165) is 11.1 Å². The van der Waals surface area contributed by atoms with Crippen LogP contribution >= 0.6 is 11.8 Å². The Hall–Kier alpha value is -2.44. The number of alkyl carbamates (subject to hydrolysis) is 1. The van der Waals surface area contributed by atoms with Crippen molar-refractivity contribution in [3.63, 3.8) is 0 Å². The second kappa shape index (κ2) is 13.5. The van der Waals surface area contributed by atoms with Crippen LogP contribution in [-0.2, 0) is 28.5 Å². The monoisotopic (exact) mass is 715 g/mol. The smallest absolute Gasteiger partial charge is 0.408 e. The summed E-state index contributed by atoms with van der Waals surface area (Å²) >= 11 is 1.52. The number of esters is 1. The van der Waals surface area contributed by atoms with E-state index in [1.54, 1.807) is 27.7 Å². The molecule has 3 fully saturated rings. The summed E-state index contributed by atoms with van der Waals surface area (Å²) in [5.74, 6) is -3.05. The molecule has 1 aliphatic heterocycles. The number of rotatable bonds is 8. The number of hydrogen-bond donors (Lipinski definition) is 3. The number of fused-ring (bicyclic) bond motifs is 5. The Bertz CT molecular complexity index is 1510. The minimum atomic E-state index is -1.50. The van der Waals surface area contributed by atoms with Gasteiger partial charge in [0.25, 0.3) is 0 Å². The summed E-state index contributed by atoms with van der Waals surface area (Å²) in [5.41, 5.74) is -3.42. The molecule has 0 radical (unpaired) electrons. The maximum Gasteiger partial charge on any atom is 0.408 e. The molecule has 1 saturated heterocycles. The molecule has 3 aliphatic carbocycles. The molecule has 0 spiro atoms. The summed E-state index contributed by atoms with van der Waals surface area (Å²) in [4.78, 5) is 42.1. The fraction of sp³-hybridized carbons (Fsp3) is 0.718. The fourth-order valence-corrected chi connectivity index (χ4v) is 10.3. The Labute approximate surface area is 301 Å². The van der Waals surface area contributed by atoms with E-state index < -0.39 is 87.7 Å². The summed E-state index contributed by atoms with van der Waals surface area (Å²) in [7, 11) is 0. The van der Waals surface area contributed by atoms with Crippen LogP contribution in [0.15, 0.2) is 41.5 Å². The zero-order chi connectivity index (χ0) is 37.2. The molecule has 1 amide bonds. The first kappa shape index (κ1) is 38.8. The average molecular weight is 716 g/mol. The van der Waals surface area contributed by atoms with E-state index in [2.05, 4.69) is 5.32 Å². The van der Waals surface area contributed by atoms with E-state index in [1.165, 1.54) is 11.8 Å². The summed E-state index contributed by atoms with van der Waals surface area (Å²) in [5, 5.41) is 28.2. The number of ketones is 1. The van der Waals surface area contributed by atoms with Gasteiger partial charge in [0.15, 0.2) is 0 Å². The van der Waals surface area contributed by atoms with Crippen LogP contribution < -0.4 is 5.32 Å². The third-order valence-corrected chi connectivity index (χ3v) is 12.8. The molecule has 1 aromatic carbocycles. The molecule has 10 nitrogen and oxygen atoms in total. The summed E-state index contributed by atoms with van der Waals surface area (Å²) < 4.78 is 24.1. The lowest BCUT2D eigenvalue weighted by Gasteiger charge is -2.68. The zero-order valence-corrected chi connectivity index (χ0v) is 32.3. The van der Waals surface area contributed by atoms with Gasteiger partial charge in [0.05, 0.1) is 47.7 Å². The molecule has 3 N–H and O–H groups in total. The molecule has 11 atom stereocenters. The lowest BCUT2D eigenvalue weighted by atomic mass is 9.42. The van der Waals surface area contributed by atoms with Crippen molar-refractivity contribution in [2.75, 3.05) is 18.8 Å². The van der Waals surface area contributed by atoms with Gasteiger partial charge in [0.1, 0.15) is 23.1 Å². The molecular formula is C39H57NO9S. The molecule has 2 saturated carbocycles. The average Bonchev–Trinajstić information content (AvgIpc) is 3.03. The Kier molecular flexibility index (Phi) is 10.5. The molecule has 1 aromatic rings. The van der Waals surface area contributed by atoms with Crippen molar-refractivity contribution in [2.45, 2.75) is 123 Å². The second-order valence-electron chi connectivity index (χ2n) is 16.8. The van der Waals surface area contributed by atoms with Crippen molar-refractivity contribution >= 4 is 29.6 Å². The largest absolute Gasteiger partial charge is 0.457 e. The van der Waals surface area contributed by atoms with Gasteiger partial charge < -0.3 is 34.5 Å². The number of ether oxygens (including phenoxy) is 4. The molecule has 278 valence electrons. The topological polar surface area (TPSA) is 141 Å². The van der Waals surface area contributed by atoms with E-state index in [1.807, 2.05) is 78.1 Å². The maximum absolute atomic E-state index is 15.0. The van der Waals surface area contributed by atoms with Crippen molar-refractivity contribution in [2.24, 2.45) is 34.5 Å². The number of carbonyl (C=O) groups is 3. The van der Waals surface area contributed by atoms with Gasteiger partial charge >= 0.3 is 12.1 Å². The van der Waals surface area contributed by atoms with Crippen molar-refractivity contribution in [3.8, 4) is 0 Å². The van der Waals surface area contributed by atoms with E-state index in [9.17, 15) is 19.8 Å². The Balaban J connectivity index is 1.54. The highest BCUT2D eigenvalue weighted by Gasteiger charge is 2.74. The zero-order valence-electron chi connectivity index (χ0n) is 31.5. The number of Topliss-reactive ketones (excluding diaryl/α,β-unsaturated/α-hetero) is 1. The quantitative estimate of drug-likeness (QED) is 0.167. The highest BCUT2D eigenvalue weighted by Crippen LogP contribution is 2.65. The number of carbonyl (C=O) groups excluding carboxylic acids is 3. The third-order valence-electron chi connectivity index (χ3n) is 12.5. The lowest BCUT2D eigenvalue weighted by molar-refractivity contribution is -0.337. The normalized spacial score (nSPS) is 37.6. The minimum absolute atomic E-state index is 0.0604. The van der Waals surface area contributed by atoms with Gasteiger partial charge in [-0.15, -0.1) is 11.8 Å². The van der Waals surface area contributed by atoms with Gasteiger partial charge in [-0.3, -0.25) is 9.59 Å². The molecule has 11 heteroatoms. The van der Waals surface area contributed by atoms with Gasteiger partial charge in [-0.2, -0.15) is 0 Å². The van der Waals surface area contributed by atoms with Crippen LogP contribution in [0.4, 0.5) is 4.79 Å². The molecular weight excluding hydrogens is 658 g/mol. The van der Waals surface area contributed by atoms with E-state index >= 15 is 4.79 Å². The number of benzene rings is 1. The molecule has 4 aliphatic rings. The first-order chi connectivity index (χ1) is 23.1. The summed E-state index contributed by atoms with van der Waals surface area (Å²) in [6, 6.07) is 8.42. The molecule has 1 heterocycles. The number of aliphatic hydroxyl groups is 2. The van der Waals surface area contributed by atoms with Crippen LogP contribution in [0.1, 0.15) is 93.7 Å². The number of nitrogens with one attached hydrogen (secondary N) is 1. The lowest BCUT2D eigenvalue weighted by Crippen LogP contribution is -2.78. The Morgan fingerprint density at radius 3 is 2.32 bits per heavy atom. The number of hydrogen-bond acceptors (Lipinski definition) is 10. The van der Waals surface area contributed by atoms with Gasteiger partial charge in [0, 0.05) is 30.1 Å². The van der Waals surface area contributed by atoms with Crippen LogP contribution in [0.2, 0.25) is 0 Å². The maximum atomic E-state index is 15.0. The minimum Gasteiger partial charge on any atom is -0.457 e. The molecule has 2 bridgehead atoms. The molecule has 0 aromatic heterocycles. The summed E-state index contributed by atoms with van der Waals surface area (Å²) in [6.07, 6.45) is -0.168. The van der Waals surface area contributed by atoms with Crippen LogP contribution in [0.5, 0.6) is 0 Å². The van der Waals surface area contributed by atoms with Crippen molar-refractivity contribution in [1.82, 2.24) is 5.32 Å². The SMILES string of the molecule is CSCOC1CC2OCC2(O)C2C(C)C3(O)CC(OC(=O)[C@H](C)C(NC(=O)OC(C)(C)C)c4ccccc4)C(C)=C([C@@H](C)C(=O)[C@]12C)C3(C)C. The van der Waals surface area contributed by atoms with Gasteiger partial charge in [-0.05, 0) is 70.4 Å². The Morgan fingerprint density at radius 2 is 1.76 bits per heavy atom. The van der Waals surface area contributed by atoms with Crippen molar-refractivity contribution in [1.29, 1.82) is 0 Å². The van der Waals surface area contributed by atoms with Crippen LogP contribution in [-0.4, -0.2) is 82.0 Å². The molecule has 50 heavy (non-hydrogen) atoms. The predicted molar refractivity (Wildman–Crippen MR) is 191 cm³/mol. The van der Waals surface area contributed by atoms with E-state index in [0.29, 0.717) is 17.9 Å². The fourth-order valence-electron chi connectivity index (χ4n) is 9.96. The second-order valence-corrected chi connectivity index (χ2v) is 17.6. The number of thioether (sulfide) groups is 1. The van der Waals surface area contributed by atoms with E-state index in [-0.39, 0.29) is 18.8 Å². The van der Waals surface area contributed by atoms with Crippen LogP contribution in [0.3, 0.4) is 0 Å². The molecule has 5 rings (SSSR count). The third kappa shape index (κ3) is 6.22. The van der Waals surface area contributed by atoms with Gasteiger partial charge in [-0.1, -0.05) is 58.0 Å². The highest BCUT2D eigenvalue weighted by atomic mass is 32.2.